The van der Waals surface area contributed by atoms with Crippen molar-refractivity contribution in [1.29, 1.82) is 0 Å². The Bertz CT molecular complexity index is 417. The minimum absolute atomic E-state index is 0.233. The van der Waals surface area contributed by atoms with Gasteiger partial charge in [-0.2, -0.15) is 0 Å². The number of benzene rings is 1. The molecule has 1 aromatic carbocycles. The standard InChI is InChI=1S/C10H10O3/c1-2-12-10-6-7-5-8(11)3-4-9(7)13-10/h3-6,11H,2H2,1H3. The minimum atomic E-state index is 0.233. The number of rotatable bonds is 2. The lowest BCUT2D eigenvalue weighted by Gasteiger charge is -1.93. The zero-order chi connectivity index (χ0) is 9.26. The molecule has 0 radical (unpaired) electrons. The molecule has 68 valence electrons. The molecule has 2 rings (SSSR count). The number of hydrogen-bond donors (Lipinski definition) is 1. The number of phenolic OH excluding ortho intramolecular Hbond substituents is 1. The van der Waals surface area contributed by atoms with Gasteiger partial charge in [0.25, 0.3) is 5.95 Å². The van der Waals surface area contributed by atoms with Crippen molar-refractivity contribution in [1.82, 2.24) is 0 Å². The Labute approximate surface area is 75.5 Å². The molecule has 3 heteroatoms. The average molecular weight is 178 g/mol. The zero-order valence-corrected chi connectivity index (χ0v) is 7.28. The molecule has 0 saturated carbocycles. The summed E-state index contributed by atoms with van der Waals surface area (Å²) in [5.74, 6) is 0.722. The van der Waals surface area contributed by atoms with Crippen LogP contribution in [0.1, 0.15) is 6.92 Å². The van der Waals surface area contributed by atoms with Gasteiger partial charge in [-0.25, -0.2) is 0 Å². The summed E-state index contributed by atoms with van der Waals surface area (Å²) in [6.45, 7) is 2.47. The average Bonchev–Trinajstić information content (AvgIpc) is 2.46. The number of ether oxygens (including phenoxy) is 1. The second kappa shape index (κ2) is 3.01. The largest absolute Gasteiger partial charge is 0.508 e. The lowest BCUT2D eigenvalue weighted by atomic mass is 10.2. The van der Waals surface area contributed by atoms with Crippen LogP contribution in [0, 0.1) is 0 Å². The SMILES string of the molecule is CCOc1cc2cc(O)ccc2o1. The molecular weight excluding hydrogens is 168 g/mol. The molecule has 0 aliphatic rings. The Morgan fingerprint density at radius 2 is 2.23 bits per heavy atom. The van der Waals surface area contributed by atoms with Gasteiger partial charge in [0.05, 0.1) is 6.61 Å². The maximum absolute atomic E-state index is 9.19. The number of hydrogen-bond acceptors (Lipinski definition) is 3. The molecule has 0 amide bonds. The Morgan fingerprint density at radius 1 is 1.38 bits per heavy atom. The fourth-order valence-corrected chi connectivity index (χ4v) is 1.22. The molecule has 2 aromatic rings. The van der Waals surface area contributed by atoms with E-state index in [1.165, 1.54) is 0 Å². The third-order valence-electron chi connectivity index (χ3n) is 1.76. The third-order valence-corrected chi connectivity index (χ3v) is 1.76. The third kappa shape index (κ3) is 1.45. The van der Waals surface area contributed by atoms with Crippen LogP contribution >= 0.6 is 0 Å². The van der Waals surface area contributed by atoms with Crippen LogP contribution in [0.4, 0.5) is 0 Å². The van der Waals surface area contributed by atoms with Crippen molar-refractivity contribution in [2.75, 3.05) is 6.61 Å². The van der Waals surface area contributed by atoms with Gasteiger partial charge < -0.3 is 14.3 Å². The lowest BCUT2D eigenvalue weighted by Crippen LogP contribution is -1.87. The highest BCUT2D eigenvalue weighted by Crippen LogP contribution is 2.27. The van der Waals surface area contributed by atoms with Crippen LogP contribution in [0.5, 0.6) is 11.7 Å². The summed E-state index contributed by atoms with van der Waals surface area (Å²) in [6, 6.07) is 6.70. The van der Waals surface area contributed by atoms with Crippen LogP contribution in [0.25, 0.3) is 11.0 Å². The van der Waals surface area contributed by atoms with Crippen LogP contribution in [-0.2, 0) is 0 Å². The van der Waals surface area contributed by atoms with Gasteiger partial charge in [0.15, 0.2) is 0 Å². The van der Waals surface area contributed by atoms with E-state index in [9.17, 15) is 5.11 Å². The van der Waals surface area contributed by atoms with Crippen molar-refractivity contribution in [3.05, 3.63) is 24.3 Å². The molecule has 0 spiro atoms. The molecule has 1 N–H and O–H groups in total. The van der Waals surface area contributed by atoms with Gasteiger partial charge in [-0.3, -0.25) is 0 Å². The maximum atomic E-state index is 9.19. The molecule has 0 aliphatic carbocycles. The Kier molecular flexibility index (Phi) is 1.85. The summed E-state index contributed by atoms with van der Waals surface area (Å²) in [7, 11) is 0. The molecule has 1 aromatic heterocycles. The first kappa shape index (κ1) is 7.98. The quantitative estimate of drug-likeness (QED) is 0.768. The summed E-state index contributed by atoms with van der Waals surface area (Å²) < 4.78 is 10.5. The smallest absolute Gasteiger partial charge is 0.285 e. The summed E-state index contributed by atoms with van der Waals surface area (Å²) in [6.07, 6.45) is 0. The van der Waals surface area contributed by atoms with E-state index in [1.54, 1.807) is 24.3 Å². The zero-order valence-electron chi connectivity index (χ0n) is 7.28. The minimum Gasteiger partial charge on any atom is -0.508 e. The second-order valence-electron chi connectivity index (χ2n) is 2.72. The van der Waals surface area contributed by atoms with Crippen LogP contribution in [0.15, 0.2) is 28.7 Å². The Morgan fingerprint density at radius 3 is 3.00 bits per heavy atom. The maximum Gasteiger partial charge on any atom is 0.285 e. The van der Waals surface area contributed by atoms with Crippen LogP contribution in [0.3, 0.4) is 0 Å². The first-order valence-electron chi connectivity index (χ1n) is 4.15. The first-order valence-corrected chi connectivity index (χ1v) is 4.15. The normalized spacial score (nSPS) is 10.5. The van der Waals surface area contributed by atoms with E-state index in [0.717, 1.165) is 11.0 Å². The van der Waals surface area contributed by atoms with Crippen molar-refractivity contribution < 1.29 is 14.3 Å². The van der Waals surface area contributed by atoms with Crippen molar-refractivity contribution >= 4 is 11.0 Å². The molecule has 1 heterocycles. The Balaban J connectivity index is 2.49. The van der Waals surface area contributed by atoms with Crippen molar-refractivity contribution in [2.24, 2.45) is 0 Å². The monoisotopic (exact) mass is 178 g/mol. The van der Waals surface area contributed by atoms with Gasteiger partial charge in [-0.05, 0) is 25.1 Å². The predicted molar refractivity (Wildman–Crippen MR) is 49.0 cm³/mol. The van der Waals surface area contributed by atoms with Crippen LogP contribution in [0.2, 0.25) is 0 Å². The van der Waals surface area contributed by atoms with Crippen molar-refractivity contribution in [3.8, 4) is 11.7 Å². The summed E-state index contributed by atoms with van der Waals surface area (Å²) >= 11 is 0. The summed E-state index contributed by atoms with van der Waals surface area (Å²) in [4.78, 5) is 0. The van der Waals surface area contributed by atoms with E-state index < -0.39 is 0 Å². The highest BCUT2D eigenvalue weighted by Gasteiger charge is 2.03. The van der Waals surface area contributed by atoms with Gasteiger partial charge >= 0.3 is 0 Å². The van der Waals surface area contributed by atoms with E-state index in [4.69, 9.17) is 9.15 Å². The molecule has 0 unspecified atom stereocenters. The lowest BCUT2D eigenvalue weighted by molar-refractivity contribution is 0.265. The number of aromatic hydroxyl groups is 1. The molecule has 0 bridgehead atoms. The predicted octanol–water partition coefficient (Wildman–Crippen LogP) is 2.54. The van der Waals surface area contributed by atoms with Gasteiger partial charge in [-0.15, -0.1) is 0 Å². The molecule has 0 fully saturated rings. The molecule has 0 saturated heterocycles. The van der Waals surface area contributed by atoms with Gasteiger partial charge in [-0.1, -0.05) is 0 Å². The highest BCUT2D eigenvalue weighted by atomic mass is 16.6. The summed E-state index contributed by atoms with van der Waals surface area (Å²) in [5.41, 5.74) is 0.723. The van der Waals surface area contributed by atoms with Gasteiger partial charge in [0.2, 0.25) is 0 Å². The first-order chi connectivity index (χ1) is 6.29. The molecule has 13 heavy (non-hydrogen) atoms. The molecule has 3 nitrogen and oxygen atoms in total. The fourth-order valence-electron chi connectivity index (χ4n) is 1.22. The highest BCUT2D eigenvalue weighted by molar-refractivity contribution is 5.80. The van der Waals surface area contributed by atoms with Gasteiger partial charge in [0, 0.05) is 11.5 Å². The van der Waals surface area contributed by atoms with Crippen molar-refractivity contribution in [3.63, 3.8) is 0 Å². The van der Waals surface area contributed by atoms with E-state index in [1.807, 2.05) is 6.92 Å². The van der Waals surface area contributed by atoms with E-state index >= 15 is 0 Å². The molecule has 0 atom stereocenters. The molecular formula is C10H10O3. The second-order valence-corrected chi connectivity index (χ2v) is 2.72. The summed E-state index contributed by atoms with van der Waals surface area (Å²) in [5, 5.41) is 10.0. The van der Waals surface area contributed by atoms with Crippen LogP contribution in [-0.4, -0.2) is 11.7 Å². The van der Waals surface area contributed by atoms with E-state index in [0.29, 0.717) is 12.6 Å². The van der Waals surface area contributed by atoms with E-state index in [2.05, 4.69) is 0 Å². The Hall–Kier alpha value is -1.64. The van der Waals surface area contributed by atoms with Gasteiger partial charge in [0.1, 0.15) is 11.3 Å². The number of phenols is 1. The van der Waals surface area contributed by atoms with Crippen molar-refractivity contribution in [2.45, 2.75) is 6.92 Å². The van der Waals surface area contributed by atoms with E-state index in [-0.39, 0.29) is 5.75 Å². The topological polar surface area (TPSA) is 42.6 Å². The van der Waals surface area contributed by atoms with Crippen LogP contribution < -0.4 is 4.74 Å². The number of fused-ring (bicyclic) bond motifs is 1. The number of furan rings is 1. The molecule has 0 aliphatic heterocycles. The fraction of sp³-hybridized carbons (Fsp3) is 0.200.